The highest BCUT2D eigenvalue weighted by Gasteiger charge is 2.31. The molecule has 3 nitrogen and oxygen atoms in total. The maximum atomic E-state index is 5.90. The number of nitrogens with two attached hydrogens (primary N) is 1. The van der Waals surface area contributed by atoms with Gasteiger partial charge < -0.3 is 11.1 Å². The van der Waals surface area contributed by atoms with E-state index in [-0.39, 0.29) is 34.9 Å². The summed E-state index contributed by atoms with van der Waals surface area (Å²) in [7, 11) is 0. The maximum Gasteiger partial charge on any atom is 0.189 e. The Hall–Kier alpha value is 0. The molecule has 0 bridgehead atoms. The summed E-state index contributed by atoms with van der Waals surface area (Å²) < 4.78 is 0. The minimum atomic E-state index is -0.00884. The van der Waals surface area contributed by atoms with Crippen LogP contribution in [0.15, 0.2) is 4.99 Å². The van der Waals surface area contributed by atoms with Crippen LogP contribution >= 0.6 is 24.0 Å². The van der Waals surface area contributed by atoms with Crippen molar-refractivity contribution in [3.8, 4) is 0 Å². The third-order valence-corrected chi connectivity index (χ3v) is 3.62. The van der Waals surface area contributed by atoms with Gasteiger partial charge in [-0.05, 0) is 44.9 Å². The van der Waals surface area contributed by atoms with Crippen LogP contribution < -0.4 is 11.1 Å². The van der Waals surface area contributed by atoms with E-state index in [0.29, 0.717) is 5.96 Å². The minimum absolute atomic E-state index is 0. The number of hydrogen-bond donors (Lipinski definition) is 2. The monoisotopic (exact) mass is 367 g/mol. The molecule has 0 amide bonds. The molecule has 0 heterocycles. The second kappa shape index (κ2) is 6.96. The molecule has 0 aliphatic heterocycles. The van der Waals surface area contributed by atoms with Gasteiger partial charge in [-0.25, -0.2) is 0 Å². The SMILES string of the molecule is CC(C)(C)NC(N)=NCC(C)(C)C1CCCC1.I. The van der Waals surface area contributed by atoms with E-state index in [1.165, 1.54) is 25.7 Å². The molecule has 0 aromatic rings. The summed E-state index contributed by atoms with van der Waals surface area (Å²) in [4.78, 5) is 4.51. The number of rotatable bonds is 3. The van der Waals surface area contributed by atoms with Crippen LogP contribution in [0.2, 0.25) is 0 Å². The predicted octanol–water partition coefficient (Wildman–Crippen LogP) is 3.52. The van der Waals surface area contributed by atoms with Crippen molar-refractivity contribution in [1.29, 1.82) is 0 Å². The van der Waals surface area contributed by atoms with Crippen LogP contribution in [0.1, 0.15) is 60.3 Å². The van der Waals surface area contributed by atoms with E-state index in [1.807, 2.05) is 0 Å². The van der Waals surface area contributed by atoms with Gasteiger partial charge in [0.25, 0.3) is 0 Å². The predicted molar refractivity (Wildman–Crippen MR) is 90.5 cm³/mol. The van der Waals surface area contributed by atoms with E-state index in [1.54, 1.807) is 0 Å². The molecule has 0 atom stereocenters. The maximum absolute atomic E-state index is 5.90. The molecule has 0 aromatic carbocycles. The van der Waals surface area contributed by atoms with Gasteiger partial charge in [-0.2, -0.15) is 0 Å². The number of aliphatic imine (C=N–C) groups is 1. The highest BCUT2D eigenvalue weighted by Crippen LogP contribution is 2.39. The van der Waals surface area contributed by atoms with E-state index in [4.69, 9.17) is 5.73 Å². The topological polar surface area (TPSA) is 50.4 Å². The number of nitrogens with zero attached hydrogens (tertiary/aromatic N) is 1. The van der Waals surface area contributed by atoms with Gasteiger partial charge in [0.1, 0.15) is 0 Å². The summed E-state index contributed by atoms with van der Waals surface area (Å²) in [6, 6.07) is 0. The summed E-state index contributed by atoms with van der Waals surface area (Å²) in [5, 5.41) is 3.21. The Morgan fingerprint density at radius 1 is 1.17 bits per heavy atom. The molecule has 0 radical (unpaired) electrons. The summed E-state index contributed by atoms with van der Waals surface area (Å²) in [5.41, 5.74) is 6.17. The fourth-order valence-electron chi connectivity index (χ4n) is 2.55. The van der Waals surface area contributed by atoms with Gasteiger partial charge in [0.15, 0.2) is 5.96 Å². The molecule has 1 aliphatic carbocycles. The zero-order valence-corrected chi connectivity index (χ0v) is 14.9. The molecule has 1 aliphatic rings. The van der Waals surface area contributed by atoms with Crippen LogP contribution in [0, 0.1) is 11.3 Å². The van der Waals surface area contributed by atoms with Crippen molar-refractivity contribution in [2.45, 2.75) is 65.8 Å². The smallest absolute Gasteiger partial charge is 0.189 e. The van der Waals surface area contributed by atoms with Crippen LogP contribution in [0.4, 0.5) is 0 Å². The van der Waals surface area contributed by atoms with E-state index in [9.17, 15) is 0 Å². The molecule has 0 saturated heterocycles. The molecule has 4 heteroatoms. The lowest BCUT2D eigenvalue weighted by Gasteiger charge is -2.30. The van der Waals surface area contributed by atoms with Crippen LogP contribution in [0.5, 0.6) is 0 Å². The van der Waals surface area contributed by atoms with Crippen molar-refractivity contribution in [3.05, 3.63) is 0 Å². The highest BCUT2D eigenvalue weighted by atomic mass is 127. The van der Waals surface area contributed by atoms with E-state index >= 15 is 0 Å². The first-order valence-corrected chi connectivity index (χ1v) is 6.79. The summed E-state index contributed by atoms with van der Waals surface area (Å²) >= 11 is 0. The van der Waals surface area contributed by atoms with Gasteiger partial charge in [0.05, 0.1) is 0 Å². The van der Waals surface area contributed by atoms with Crippen LogP contribution in [-0.2, 0) is 0 Å². The summed E-state index contributed by atoms with van der Waals surface area (Å²) in [5.74, 6) is 1.39. The van der Waals surface area contributed by atoms with Gasteiger partial charge in [0.2, 0.25) is 0 Å². The quantitative estimate of drug-likeness (QED) is 0.456. The molecule has 18 heavy (non-hydrogen) atoms. The third kappa shape index (κ3) is 6.25. The zero-order valence-electron chi connectivity index (χ0n) is 12.5. The van der Waals surface area contributed by atoms with Gasteiger partial charge in [-0.3, -0.25) is 4.99 Å². The Morgan fingerprint density at radius 2 is 1.67 bits per heavy atom. The van der Waals surface area contributed by atoms with Gasteiger partial charge in [-0.15, -0.1) is 24.0 Å². The normalized spacial score (nSPS) is 18.6. The van der Waals surface area contributed by atoms with Crippen molar-refractivity contribution in [1.82, 2.24) is 5.32 Å². The second-order valence-electron chi connectivity index (χ2n) is 7.05. The number of nitrogens with one attached hydrogen (secondary N) is 1. The van der Waals surface area contributed by atoms with E-state index in [0.717, 1.165) is 12.5 Å². The van der Waals surface area contributed by atoms with Crippen molar-refractivity contribution >= 4 is 29.9 Å². The van der Waals surface area contributed by atoms with Gasteiger partial charge >= 0.3 is 0 Å². The lowest BCUT2D eigenvalue weighted by Crippen LogP contribution is -2.45. The summed E-state index contributed by atoms with van der Waals surface area (Å²) in [6.07, 6.45) is 5.48. The molecular weight excluding hydrogens is 337 g/mol. The van der Waals surface area contributed by atoms with Crippen molar-refractivity contribution in [2.75, 3.05) is 6.54 Å². The lowest BCUT2D eigenvalue weighted by atomic mass is 9.78. The van der Waals surface area contributed by atoms with Gasteiger partial charge in [0, 0.05) is 12.1 Å². The number of guanidine groups is 1. The van der Waals surface area contributed by atoms with E-state index < -0.39 is 0 Å². The standard InChI is InChI=1S/C14H29N3.HI/c1-13(2,3)17-12(15)16-10-14(4,5)11-8-6-7-9-11;/h11H,6-10H2,1-5H3,(H3,15,16,17);1H. The van der Waals surface area contributed by atoms with Crippen molar-refractivity contribution in [2.24, 2.45) is 22.1 Å². The number of halogens is 1. The Bertz CT molecular complexity index is 273. The highest BCUT2D eigenvalue weighted by molar-refractivity contribution is 14.0. The van der Waals surface area contributed by atoms with E-state index in [2.05, 4.69) is 44.9 Å². The zero-order chi connectivity index (χ0) is 13.1. The molecule has 3 N–H and O–H groups in total. The molecule has 0 spiro atoms. The fourth-order valence-corrected chi connectivity index (χ4v) is 2.55. The van der Waals surface area contributed by atoms with Crippen molar-refractivity contribution < 1.29 is 0 Å². The Morgan fingerprint density at radius 3 is 2.11 bits per heavy atom. The fraction of sp³-hybridized carbons (Fsp3) is 0.929. The molecule has 1 saturated carbocycles. The Kier molecular flexibility index (Phi) is 6.96. The molecule has 108 valence electrons. The molecular formula is C14H30IN3. The Balaban J connectivity index is 0.00000289. The van der Waals surface area contributed by atoms with Crippen molar-refractivity contribution in [3.63, 3.8) is 0 Å². The molecule has 0 aromatic heterocycles. The third-order valence-electron chi connectivity index (χ3n) is 3.62. The van der Waals surface area contributed by atoms with Crippen LogP contribution in [0.3, 0.4) is 0 Å². The van der Waals surface area contributed by atoms with Crippen LogP contribution in [0.25, 0.3) is 0 Å². The first-order chi connectivity index (χ1) is 7.71. The van der Waals surface area contributed by atoms with Gasteiger partial charge in [-0.1, -0.05) is 26.7 Å². The summed E-state index contributed by atoms with van der Waals surface area (Å²) in [6.45, 7) is 11.7. The lowest BCUT2D eigenvalue weighted by molar-refractivity contribution is 0.227. The molecule has 0 unspecified atom stereocenters. The molecule has 1 rings (SSSR count). The molecule has 1 fully saturated rings. The average molecular weight is 367 g/mol. The first-order valence-electron chi connectivity index (χ1n) is 6.79. The first kappa shape index (κ1) is 18.0. The number of hydrogen-bond acceptors (Lipinski definition) is 1. The minimum Gasteiger partial charge on any atom is -0.370 e. The Labute approximate surface area is 129 Å². The largest absolute Gasteiger partial charge is 0.370 e. The average Bonchev–Trinajstić information content (AvgIpc) is 2.65. The second-order valence-corrected chi connectivity index (χ2v) is 7.05. The van der Waals surface area contributed by atoms with Crippen LogP contribution in [-0.4, -0.2) is 18.0 Å².